The van der Waals surface area contributed by atoms with Crippen molar-refractivity contribution in [2.24, 2.45) is 0 Å². The fourth-order valence-electron chi connectivity index (χ4n) is 4.34. The molecule has 2 unspecified atom stereocenters. The zero-order valence-corrected chi connectivity index (χ0v) is 17.3. The van der Waals surface area contributed by atoms with Gasteiger partial charge in [-0.1, -0.05) is 56.9 Å². The fourth-order valence-corrected chi connectivity index (χ4v) is 4.91. The van der Waals surface area contributed by atoms with Gasteiger partial charge in [0, 0.05) is 11.5 Å². The van der Waals surface area contributed by atoms with Crippen molar-refractivity contribution >= 4 is 22.5 Å². The Hall–Kier alpha value is -1.87. The SMILES string of the molecule is CSc1cnc[n+]2c1-c1cc(C(C)(C)C)c3ccccc3c1C(C)C2C. The van der Waals surface area contributed by atoms with Crippen molar-refractivity contribution in [3.05, 3.63) is 54.0 Å². The molecule has 2 aromatic carbocycles. The molecule has 0 spiro atoms. The summed E-state index contributed by atoms with van der Waals surface area (Å²) in [4.78, 5) is 5.75. The lowest BCUT2D eigenvalue weighted by atomic mass is 9.76. The average molecular weight is 364 g/mol. The van der Waals surface area contributed by atoms with E-state index in [9.17, 15) is 0 Å². The predicted octanol–water partition coefficient (Wildman–Crippen LogP) is 5.89. The fraction of sp³-hybridized carbons (Fsp3) is 0.391. The number of hydrogen-bond donors (Lipinski definition) is 0. The van der Waals surface area contributed by atoms with Crippen molar-refractivity contribution < 1.29 is 4.57 Å². The lowest BCUT2D eigenvalue weighted by molar-refractivity contribution is -0.718. The first kappa shape index (κ1) is 17.5. The van der Waals surface area contributed by atoms with Gasteiger partial charge in [-0.2, -0.15) is 0 Å². The molecular weight excluding hydrogens is 336 g/mol. The van der Waals surface area contributed by atoms with Gasteiger partial charge in [0.05, 0.1) is 4.90 Å². The van der Waals surface area contributed by atoms with E-state index in [0.717, 1.165) is 0 Å². The number of aromatic nitrogens is 2. The second-order valence-corrected chi connectivity index (χ2v) is 9.28. The van der Waals surface area contributed by atoms with Gasteiger partial charge >= 0.3 is 0 Å². The smallest absolute Gasteiger partial charge is 0.226 e. The van der Waals surface area contributed by atoms with Gasteiger partial charge in [-0.05, 0) is 46.6 Å². The van der Waals surface area contributed by atoms with Crippen LogP contribution in [0.2, 0.25) is 0 Å². The van der Waals surface area contributed by atoms with E-state index >= 15 is 0 Å². The molecule has 0 radical (unpaired) electrons. The van der Waals surface area contributed by atoms with Crippen LogP contribution in [-0.4, -0.2) is 11.2 Å². The predicted molar refractivity (Wildman–Crippen MR) is 111 cm³/mol. The number of fused-ring (bicyclic) bond motifs is 5. The van der Waals surface area contributed by atoms with Gasteiger partial charge in [-0.25, -0.2) is 4.57 Å². The van der Waals surface area contributed by atoms with E-state index < -0.39 is 0 Å². The highest BCUT2D eigenvalue weighted by Gasteiger charge is 2.36. The second-order valence-electron chi connectivity index (χ2n) is 8.43. The van der Waals surface area contributed by atoms with Crippen molar-refractivity contribution in [1.29, 1.82) is 0 Å². The van der Waals surface area contributed by atoms with Crippen LogP contribution in [0, 0.1) is 0 Å². The zero-order valence-electron chi connectivity index (χ0n) is 16.5. The molecule has 0 aliphatic carbocycles. The molecule has 0 saturated carbocycles. The molecule has 3 heteroatoms. The molecule has 2 atom stereocenters. The molecule has 0 N–H and O–H groups in total. The van der Waals surface area contributed by atoms with E-state index in [1.165, 1.54) is 38.1 Å². The van der Waals surface area contributed by atoms with Crippen molar-refractivity contribution in [1.82, 2.24) is 4.98 Å². The highest BCUT2D eigenvalue weighted by atomic mass is 32.2. The Kier molecular flexibility index (Phi) is 4.11. The first-order valence-electron chi connectivity index (χ1n) is 9.34. The Morgan fingerprint density at radius 1 is 1.08 bits per heavy atom. The molecule has 2 nitrogen and oxygen atoms in total. The maximum absolute atomic E-state index is 4.50. The highest BCUT2D eigenvalue weighted by Crippen LogP contribution is 2.46. The van der Waals surface area contributed by atoms with Gasteiger partial charge in [-0.15, -0.1) is 11.8 Å². The second kappa shape index (κ2) is 6.09. The number of thioether (sulfide) groups is 1. The zero-order chi connectivity index (χ0) is 18.6. The third kappa shape index (κ3) is 2.48. The minimum absolute atomic E-state index is 0.0956. The maximum atomic E-state index is 4.50. The van der Waals surface area contributed by atoms with E-state index in [4.69, 9.17) is 0 Å². The Labute approximate surface area is 160 Å². The Balaban J connectivity index is 2.20. The number of rotatable bonds is 1. The molecule has 1 aliphatic rings. The third-order valence-corrected chi connectivity index (χ3v) is 6.60. The Morgan fingerprint density at radius 2 is 1.77 bits per heavy atom. The minimum Gasteiger partial charge on any atom is -0.226 e. The van der Waals surface area contributed by atoms with Gasteiger partial charge in [0.25, 0.3) is 6.33 Å². The van der Waals surface area contributed by atoms with E-state index in [-0.39, 0.29) is 5.41 Å². The van der Waals surface area contributed by atoms with Crippen molar-refractivity contribution in [3.8, 4) is 11.3 Å². The van der Waals surface area contributed by atoms with E-state index in [1.54, 1.807) is 11.8 Å². The quantitative estimate of drug-likeness (QED) is 0.396. The summed E-state index contributed by atoms with van der Waals surface area (Å²) in [7, 11) is 0. The van der Waals surface area contributed by atoms with Crippen LogP contribution in [0.25, 0.3) is 22.0 Å². The summed E-state index contributed by atoms with van der Waals surface area (Å²) in [6.07, 6.45) is 6.16. The topological polar surface area (TPSA) is 16.8 Å². The van der Waals surface area contributed by atoms with Crippen LogP contribution in [0.4, 0.5) is 0 Å². The van der Waals surface area contributed by atoms with E-state index in [1.807, 2.05) is 12.5 Å². The highest BCUT2D eigenvalue weighted by molar-refractivity contribution is 7.98. The maximum Gasteiger partial charge on any atom is 0.286 e. The first-order valence-corrected chi connectivity index (χ1v) is 10.6. The van der Waals surface area contributed by atoms with Crippen LogP contribution in [0.1, 0.15) is 57.7 Å². The van der Waals surface area contributed by atoms with Crippen LogP contribution >= 0.6 is 11.8 Å². The van der Waals surface area contributed by atoms with Gasteiger partial charge in [0.2, 0.25) is 0 Å². The third-order valence-electron chi connectivity index (χ3n) is 5.86. The molecule has 0 saturated heterocycles. The Morgan fingerprint density at radius 3 is 2.42 bits per heavy atom. The number of benzene rings is 2. The molecule has 26 heavy (non-hydrogen) atoms. The lowest BCUT2D eigenvalue weighted by Crippen LogP contribution is -2.46. The molecule has 4 rings (SSSR count). The van der Waals surface area contributed by atoms with Crippen molar-refractivity contribution in [3.63, 3.8) is 0 Å². The van der Waals surface area contributed by atoms with Gasteiger partial charge < -0.3 is 0 Å². The van der Waals surface area contributed by atoms with Gasteiger partial charge in [0.15, 0.2) is 11.9 Å². The summed E-state index contributed by atoms with van der Waals surface area (Å²) in [6, 6.07) is 11.8. The molecule has 134 valence electrons. The van der Waals surface area contributed by atoms with Crippen LogP contribution in [0.15, 0.2) is 47.8 Å². The minimum atomic E-state index is 0.0956. The summed E-state index contributed by atoms with van der Waals surface area (Å²) in [5.74, 6) is 0.445. The number of hydrogen-bond acceptors (Lipinski definition) is 2. The van der Waals surface area contributed by atoms with Crippen LogP contribution < -0.4 is 4.57 Å². The molecule has 0 bridgehead atoms. The molecule has 0 fully saturated rings. The summed E-state index contributed by atoms with van der Waals surface area (Å²) in [5.41, 5.74) is 5.71. The van der Waals surface area contributed by atoms with E-state index in [0.29, 0.717) is 12.0 Å². The first-order chi connectivity index (χ1) is 12.3. The summed E-state index contributed by atoms with van der Waals surface area (Å²) < 4.78 is 2.38. The molecular formula is C23H27N2S+. The van der Waals surface area contributed by atoms with E-state index in [2.05, 4.69) is 80.8 Å². The van der Waals surface area contributed by atoms with Crippen LogP contribution in [0.5, 0.6) is 0 Å². The number of nitrogens with zero attached hydrogens (tertiary/aromatic N) is 2. The lowest BCUT2D eigenvalue weighted by Gasteiger charge is -2.33. The molecule has 3 aromatic rings. The van der Waals surface area contributed by atoms with Crippen molar-refractivity contribution in [2.45, 2.75) is 56.9 Å². The molecule has 0 amide bonds. The summed E-state index contributed by atoms with van der Waals surface area (Å²) >= 11 is 1.79. The van der Waals surface area contributed by atoms with Crippen molar-refractivity contribution in [2.75, 3.05) is 6.26 Å². The largest absolute Gasteiger partial charge is 0.286 e. The van der Waals surface area contributed by atoms with Crippen LogP contribution in [0.3, 0.4) is 0 Å². The van der Waals surface area contributed by atoms with Crippen LogP contribution in [-0.2, 0) is 5.41 Å². The average Bonchev–Trinajstić information content (AvgIpc) is 2.63. The standard InChI is InChI=1S/C23H27N2S/c1-14-15(2)25-13-24-12-20(26-6)22(25)18-11-19(23(3,4)5)16-9-7-8-10-17(16)21(14)18/h7-15H,1-6H3/q+1. The van der Waals surface area contributed by atoms with Gasteiger partial charge in [0.1, 0.15) is 6.04 Å². The Bertz CT molecular complexity index is 1000. The summed E-state index contributed by atoms with van der Waals surface area (Å²) in [6.45, 7) is 11.6. The monoisotopic (exact) mass is 363 g/mol. The molecule has 2 heterocycles. The van der Waals surface area contributed by atoms with Gasteiger partial charge in [-0.3, -0.25) is 0 Å². The molecule has 1 aliphatic heterocycles. The summed E-state index contributed by atoms with van der Waals surface area (Å²) in [5, 5.41) is 2.80. The molecule has 1 aromatic heterocycles. The normalized spacial score (nSPS) is 19.3.